The van der Waals surface area contributed by atoms with Crippen molar-refractivity contribution >= 4 is 46.7 Å². The van der Waals surface area contributed by atoms with Crippen LogP contribution in [0.2, 0.25) is 0 Å². The van der Waals surface area contributed by atoms with Gasteiger partial charge in [0.1, 0.15) is 6.61 Å². The number of likely N-dealkylation sites (N-methyl/N-ethyl adjacent to an activating group) is 1. The summed E-state index contributed by atoms with van der Waals surface area (Å²) in [7, 11) is 0.137. The Labute approximate surface area is 291 Å². The topological polar surface area (TPSA) is 108 Å². The van der Waals surface area contributed by atoms with Crippen molar-refractivity contribution in [1.82, 2.24) is 24.7 Å². The van der Waals surface area contributed by atoms with E-state index in [1.807, 2.05) is 36.9 Å². The predicted octanol–water partition coefficient (Wildman–Crippen LogP) is 5.43. The van der Waals surface area contributed by atoms with E-state index in [9.17, 15) is 13.2 Å². The molecule has 3 heterocycles. The van der Waals surface area contributed by atoms with Gasteiger partial charge >= 0.3 is 0 Å². The van der Waals surface area contributed by atoms with Gasteiger partial charge in [0.15, 0.2) is 0 Å². The molecule has 1 N–H and O–H groups in total. The van der Waals surface area contributed by atoms with Gasteiger partial charge < -0.3 is 14.5 Å². The highest BCUT2D eigenvalue weighted by atomic mass is 35.5. The fourth-order valence-electron chi connectivity index (χ4n) is 6.83. The lowest BCUT2D eigenvalue weighted by Crippen LogP contribution is -2.66. The number of fused-ring (bicyclic) bond motifs is 4. The number of anilines is 1. The number of carbonyl (C=O) groups is 1. The average molecular weight is 706 g/mol. The van der Waals surface area contributed by atoms with E-state index in [1.165, 1.54) is 12.1 Å². The highest BCUT2D eigenvalue weighted by Gasteiger charge is 2.45. The smallest absolute Gasteiger partial charge is 0.264 e. The highest BCUT2D eigenvalue weighted by Crippen LogP contribution is 2.37. The molecule has 1 atom stereocenters. The van der Waals surface area contributed by atoms with Gasteiger partial charge in [-0.25, -0.2) is 18.1 Å². The summed E-state index contributed by atoms with van der Waals surface area (Å²) in [4.78, 5) is 30.2. The zero-order valence-electron chi connectivity index (χ0n) is 27.8. The van der Waals surface area contributed by atoms with Crippen LogP contribution in [0.4, 0.5) is 5.95 Å². The number of hydrogen-bond donors (Lipinski definition) is 1. The number of likely N-dealkylation sites (tertiary alicyclic amines) is 1. The first-order valence-corrected chi connectivity index (χ1v) is 17.3. The van der Waals surface area contributed by atoms with Crippen molar-refractivity contribution < 1.29 is 17.9 Å². The van der Waals surface area contributed by atoms with Gasteiger partial charge in [-0.2, -0.15) is 4.98 Å². The summed E-state index contributed by atoms with van der Waals surface area (Å²) < 4.78 is 36.2. The van der Waals surface area contributed by atoms with E-state index in [2.05, 4.69) is 52.4 Å². The minimum Gasteiger partial charge on any atom is -0.475 e. The standard InChI is InChI=1S/C34H44N6O4S.2ClH/c1-21(2)13-27-20-44-31-17-30(32-22(3)9-7-10-23(32)4)35-34(36-31)37-45(42,43)29-12-8-11-24(14-29)33(41)40(27)26-15-25(16-26)39-18-28(19-39)38(5)6;;/h7-12,14,17,21,25-28H,13,15-16,18-20H2,1-6H3,(H,35,36,37);2*1H/t25?,26?,27-;;/m1../s1. The van der Waals surface area contributed by atoms with Crippen LogP contribution < -0.4 is 9.46 Å². The Kier molecular flexibility index (Phi) is 11.5. The number of benzene rings is 2. The third-order valence-corrected chi connectivity index (χ3v) is 10.8. The van der Waals surface area contributed by atoms with E-state index >= 15 is 0 Å². The second kappa shape index (κ2) is 14.7. The normalized spacial score (nSPS) is 22.7. The van der Waals surface area contributed by atoms with Gasteiger partial charge in [0.05, 0.1) is 16.6 Å². The molecular weight excluding hydrogens is 659 g/mol. The third kappa shape index (κ3) is 7.70. The lowest BCUT2D eigenvalue weighted by atomic mass is 9.80. The summed E-state index contributed by atoms with van der Waals surface area (Å²) in [5.74, 6) is 0.309. The maximum atomic E-state index is 14.4. The van der Waals surface area contributed by atoms with E-state index in [0.29, 0.717) is 29.3 Å². The first-order valence-electron chi connectivity index (χ1n) is 15.8. The molecule has 4 bridgehead atoms. The Morgan fingerprint density at radius 3 is 2.28 bits per heavy atom. The molecule has 256 valence electrons. The van der Waals surface area contributed by atoms with Crippen molar-refractivity contribution in [3.8, 4) is 17.1 Å². The monoisotopic (exact) mass is 704 g/mol. The molecule has 1 saturated heterocycles. The molecule has 1 aromatic heterocycles. The minimum absolute atomic E-state index is 0. The molecule has 13 heteroatoms. The van der Waals surface area contributed by atoms with Crippen molar-refractivity contribution in [1.29, 1.82) is 0 Å². The van der Waals surface area contributed by atoms with Crippen molar-refractivity contribution in [2.24, 2.45) is 5.92 Å². The SMILES string of the molecule is Cc1cccc(C)c1-c1cc2nc(n1)NS(=O)(=O)c1cccc(c1)C(=O)N(C1CC(N3CC(N(C)C)C3)C1)[C@H](CC(C)C)CO2.Cl.Cl. The molecule has 2 aromatic carbocycles. The molecule has 1 aliphatic carbocycles. The molecule has 1 amide bonds. The molecular formula is C34H46Cl2N6O4S. The summed E-state index contributed by atoms with van der Waals surface area (Å²) in [5, 5.41) is 0. The second-order valence-corrected chi connectivity index (χ2v) is 15.2. The fourth-order valence-corrected chi connectivity index (χ4v) is 7.82. The molecule has 2 aliphatic heterocycles. The highest BCUT2D eigenvalue weighted by molar-refractivity contribution is 7.92. The van der Waals surface area contributed by atoms with Gasteiger partial charge in [0.25, 0.3) is 15.9 Å². The Hall–Kier alpha value is -2.96. The van der Waals surface area contributed by atoms with E-state index < -0.39 is 10.0 Å². The van der Waals surface area contributed by atoms with Gasteiger partial charge in [0.2, 0.25) is 11.8 Å². The quantitative estimate of drug-likeness (QED) is 0.362. The number of sulfonamides is 1. The summed E-state index contributed by atoms with van der Waals surface area (Å²) in [6.45, 7) is 10.6. The average Bonchev–Trinajstić information content (AvgIpc) is 2.92. The largest absolute Gasteiger partial charge is 0.475 e. The van der Waals surface area contributed by atoms with E-state index in [1.54, 1.807) is 18.2 Å². The zero-order chi connectivity index (χ0) is 32.0. The van der Waals surface area contributed by atoms with Crippen molar-refractivity contribution in [3.05, 3.63) is 65.2 Å². The Bertz CT molecular complexity index is 1670. The summed E-state index contributed by atoms with van der Waals surface area (Å²) >= 11 is 0. The molecule has 2 fully saturated rings. The number of halogens is 2. The first-order chi connectivity index (χ1) is 21.4. The number of rotatable bonds is 6. The molecule has 0 unspecified atom stereocenters. The van der Waals surface area contributed by atoms with Crippen LogP contribution in [0, 0.1) is 19.8 Å². The van der Waals surface area contributed by atoms with Crippen LogP contribution >= 0.6 is 24.8 Å². The number of amides is 1. The first kappa shape index (κ1) is 36.9. The van der Waals surface area contributed by atoms with Gasteiger partial charge in [-0.1, -0.05) is 38.1 Å². The summed E-state index contributed by atoms with van der Waals surface area (Å²) in [5.41, 5.74) is 3.82. The lowest BCUT2D eigenvalue weighted by molar-refractivity contribution is -0.0452. The second-order valence-electron chi connectivity index (χ2n) is 13.5. The summed E-state index contributed by atoms with van der Waals surface area (Å²) in [6.07, 6.45) is 2.50. The van der Waals surface area contributed by atoms with Gasteiger partial charge in [-0.05, 0) is 82.4 Å². The molecule has 0 radical (unpaired) electrons. The van der Waals surface area contributed by atoms with Crippen LogP contribution in [0.15, 0.2) is 53.4 Å². The number of nitrogens with zero attached hydrogens (tertiary/aromatic N) is 5. The van der Waals surface area contributed by atoms with Gasteiger partial charge in [-0.15, -0.1) is 24.8 Å². The third-order valence-electron chi connectivity index (χ3n) is 9.47. The van der Waals surface area contributed by atoms with E-state index in [4.69, 9.17) is 4.74 Å². The van der Waals surface area contributed by atoms with Crippen molar-refractivity contribution in [2.45, 2.75) is 76.0 Å². The minimum atomic E-state index is -4.10. The molecule has 3 aromatic rings. The maximum absolute atomic E-state index is 14.4. The molecule has 47 heavy (non-hydrogen) atoms. The van der Waals surface area contributed by atoms with Crippen LogP contribution in [0.3, 0.4) is 0 Å². The fraction of sp³-hybridized carbons (Fsp3) is 0.500. The molecule has 0 spiro atoms. The van der Waals surface area contributed by atoms with Gasteiger partial charge in [-0.3, -0.25) is 9.69 Å². The Morgan fingerprint density at radius 2 is 1.64 bits per heavy atom. The van der Waals surface area contributed by atoms with Crippen LogP contribution in [-0.2, 0) is 10.0 Å². The van der Waals surface area contributed by atoms with E-state index in [-0.39, 0.29) is 66.1 Å². The summed E-state index contributed by atoms with van der Waals surface area (Å²) in [6, 6.07) is 14.8. The van der Waals surface area contributed by atoms with Crippen LogP contribution in [0.25, 0.3) is 11.3 Å². The number of aromatic nitrogens is 2. The van der Waals surface area contributed by atoms with E-state index in [0.717, 1.165) is 49.0 Å². The zero-order valence-corrected chi connectivity index (χ0v) is 30.3. The Balaban J connectivity index is 0.00000250. The van der Waals surface area contributed by atoms with Crippen LogP contribution in [0.5, 0.6) is 5.88 Å². The number of nitrogens with one attached hydrogen (secondary N) is 1. The van der Waals surface area contributed by atoms with Gasteiger partial charge in [0, 0.05) is 48.4 Å². The van der Waals surface area contributed by atoms with Crippen molar-refractivity contribution in [2.75, 3.05) is 38.5 Å². The number of ether oxygens (including phenoxy) is 1. The van der Waals surface area contributed by atoms with Crippen molar-refractivity contribution in [3.63, 3.8) is 0 Å². The number of carbonyl (C=O) groups excluding carboxylic acids is 1. The van der Waals surface area contributed by atoms with Crippen LogP contribution in [0.1, 0.15) is 54.6 Å². The Morgan fingerprint density at radius 1 is 0.979 bits per heavy atom. The molecule has 1 saturated carbocycles. The molecule has 10 nitrogen and oxygen atoms in total. The molecule has 6 rings (SSSR count). The molecule has 3 aliphatic rings. The lowest BCUT2D eigenvalue weighted by Gasteiger charge is -2.55. The maximum Gasteiger partial charge on any atom is 0.264 e. The van der Waals surface area contributed by atoms with Crippen LogP contribution in [-0.4, -0.2) is 97.0 Å². The predicted molar refractivity (Wildman–Crippen MR) is 189 cm³/mol. The number of hydrogen-bond acceptors (Lipinski definition) is 8. The number of aryl methyl sites for hydroxylation is 2.